The first kappa shape index (κ1) is 18.4. The Hall–Kier alpha value is -3.64. The number of amides is 2. The Labute approximate surface area is 173 Å². The summed E-state index contributed by atoms with van der Waals surface area (Å²) in [4.78, 5) is 34.2. The molecule has 2 fully saturated rings. The van der Waals surface area contributed by atoms with Gasteiger partial charge in [-0.05, 0) is 48.4 Å². The molecule has 6 nitrogen and oxygen atoms in total. The Balaban J connectivity index is 1.60. The lowest BCUT2D eigenvalue weighted by molar-refractivity contribution is -0.126. The topological polar surface area (TPSA) is 70.1 Å². The van der Waals surface area contributed by atoms with Gasteiger partial charge in [-0.2, -0.15) is 0 Å². The number of nitrogens with zero attached hydrogens (tertiary/aromatic N) is 2. The lowest BCUT2D eigenvalue weighted by atomic mass is 9.90. The molecule has 2 aliphatic rings. The van der Waals surface area contributed by atoms with Crippen LogP contribution >= 0.6 is 0 Å². The van der Waals surface area contributed by atoms with Gasteiger partial charge >= 0.3 is 0 Å². The summed E-state index contributed by atoms with van der Waals surface area (Å²) in [7, 11) is 0. The van der Waals surface area contributed by atoms with Gasteiger partial charge in [-0.3, -0.25) is 14.4 Å². The molecular formula is C24H20N2O4. The standard InChI is InChI=1S/C24H20N2O4/c1-15-7-5-6-10-19(15)25-23(28)20-21(16-11-13-18(27)14-12-16)26(30-22(20)24(25)29)17-8-3-2-4-9-17/h2-14,20-22,27H,1H3/t20-,21+,22+/m0/s1. The smallest absolute Gasteiger partial charge is 0.266 e. The summed E-state index contributed by atoms with van der Waals surface area (Å²) in [5.41, 5.74) is 2.98. The molecular weight excluding hydrogens is 380 g/mol. The van der Waals surface area contributed by atoms with E-state index in [1.807, 2.05) is 55.5 Å². The van der Waals surface area contributed by atoms with Gasteiger partial charge in [-0.25, -0.2) is 9.96 Å². The number of carbonyl (C=O) groups excluding carboxylic acids is 2. The first-order valence-electron chi connectivity index (χ1n) is 9.79. The minimum absolute atomic E-state index is 0.135. The van der Waals surface area contributed by atoms with Crippen molar-refractivity contribution in [1.82, 2.24) is 0 Å². The van der Waals surface area contributed by atoms with Crippen molar-refractivity contribution in [3.8, 4) is 5.75 Å². The molecule has 0 spiro atoms. The molecule has 0 aliphatic carbocycles. The minimum Gasteiger partial charge on any atom is -0.508 e. The van der Waals surface area contributed by atoms with Crippen molar-refractivity contribution in [2.24, 2.45) is 5.92 Å². The Morgan fingerprint density at radius 3 is 2.20 bits per heavy atom. The largest absolute Gasteiger partial charge is 0.508 e. The highest BCUT2D eigenvalue weighted by atomic mass is 16.7. The van der Waals surface area contributed by atoms with Gasteiger partial charge in [0, 0.05) is 0 Å². The molecule has 2 heterocycles. The third-order valence-corrected chi connectivity index (χ3v) is 5.72. The van der Waals surface area contributed by atoms with Crippen LogP contribution in [0.15, 0.2) is 78.9 Å². The molecule has 2 aliphatic heterocycles. The van der Waals surface area contributed by atoms with Gasteiger partial charge in [0.25, 0.3) is 5.91 Å². The second-order valence-electron chi connectivity index (χ2n) is 7.55. The molecule has 2 saturated heterocycles. The van der Waals surface area contributed by atoms with Gasteiger partial charge in [0.1, 0.15) is 11.7 Å². The molecule has 5 rings (SSSR count). The van der Waals surface area contributed by atoms with Crippen LogP contribution in [0.1, 0.15) is 17.2 Å². The molecule has 3 atom stereocenters. The van der Waals surface area contributed by atoms with Gasteiger partial charge in [-0.1, -0.05) is 48.5 Å². The number of hydroxylamine groups is 1. The van der Waals surface area contributed by atoms with Crippen LogP contribution < -0.4 is 9.96 Å². The molecule has 0 bridgehead atoms. The maximum absolute atomic E-state index is 13.5. The normalized spacial score (nSPS) is 23.2. The van der Waals surface area contributed by atoms with Crippen molar-refractivity contribution in [3.05, 3.63) is 90.0 Å². The van der Waals surface area contributed by atoms with Crippen LogP contribution in [-0.4, -0.2) is 23.0 Å². The number of fused-ring (bicyclic) bond motifs is 1. The first-order chi connectivity index (χ1) is 14.6. The van der Waals surface area contributed by atoms with E-state index in [4.69, 9.17) is 4.84 Å². The zero-order valence-corrected chi connectivity index (χ0v) is 16.3. The maximum atomic E-state index is 13.5. The number of anilines is 2. The predicted octanol–water partition coefficient (Wildman–Crippen LogP) is 3.75. The highest BCUT2D eigenvalue weighted by molar-refractivity contribution is 6.24. The van der Waals surface area contributed by atoms with E-state index in [2.05, 4.69) is 0 Å². The van der Waals surface area contributed by atoms with Gasteiger partial charge < -0.3 is 5.11 Å². The van der Waals surface area contributed by atoms with Crippen LogP contribution in [-0.2, 0) is 14.4 Å². The summed E-state index contributed by atoms with van der Waals surface area (Å²) in [5.74, 6) is -1.20. The van der Waals surface area contributed by atoms with Crippen LogP contribution in [0.2, 0.25) is 0 Å². The molecule has 6 heteroatoms. The quantitative estimate of drug-likeness (QED) is 0.678. The number of hydrogen-bond acceptors (Lipinski definition) is 5. The average Bonchev–Trinajstić information content (AvgIpc) is 3.26. The third-order valence-electron chi connectivity index (χ3n) is 5.72. The summed E-state index contributed by atoms with van der Waals surface area (Å²) in [5, 5.41) is 11.4. The Kier molecular flexibility index (Phi) is 4.29. The average molecular weight is 400 g/mol. The van der Waals surface area contributed by atoms with Gasteiger partial charge in [-0.15, -0.1) is 0 Å². The second-order valence-corrected chi connectivity index (χ2v) is 7.55. The maximum Gasteiger partial charge on any atom is 0.266 e. The molecule has 0 unspecified atom stereocenters. The molecule has 3 aromatic carbocycles. The number of benzene rings is 3. The number of rotatable bonds is 3. The van der Waals surface area contributed by atoms with Crippen LogP contribution in [0.3, 0.4) is 0 Å². The fourth-order valence-corrected chi connectivity index (χ4v) is 4.28. The van der Waals surface area contributed by atoms with Crippen molar-refractivity contribution in [1.29, 1.82) is 0 Å². The number of imide groups is 1. The first-order valence-corrected chi connectivity index (χ1v) is 9.79. The molecule has 1 N–H and O–H groups in total. The number of hydrogen-bond donors (Lipinski definition) is 1. The molecule has 150 valence electrons. The Morgan fingerprint density at radius 2 is 1.50 bits per heavy atom. The van der Waals surface area contributed by atoms with E-state index in [0.717, 1.165) is 16.8 Å². The Bertz CT molecular complexity index is 1110. The SMILES string of the molecule is Cc1ccccc1N1C(=O)[C@H]2[C@@H](c3ccc(O)cc3)N(c3ccccc3)O[C@H]2C1=O. The highest BCUT2D eigenvalue weighted by Gasteiger charge is 2.60. The predicted molar refractivity (Wildman–Crippen MR) is 112 cm³/mol. The molecule has 0 aromatic heterocycles. The van der Waals surface area contributed by atoms with Crippen molar-refractivity contribution in [3.63, 3.8) is 0 Å². The minimum atomic E-state index is -0.906. The number of aromatic hydroxyl groups is 1. The van der Waals surface area contributed by atoms with Gasteiger partial charge in [0.05, 0.1) is 17.4 Å². The van der Waals surface area contributed by atoms with Crippen LogP contribution in [0.4, 0.5) is 11.4 Å². The highest BCUT2D eigenvalue weighted by Crippen LogP contribution is 2.47. The summed E-state index contributed by atoms with van der Waals surface area (Å²) in [6, 6.07) is 22.9. The van der Waals surface area contributed by atoms with Crippen molar-refractivity contribution in [2.75, 3.05) is 9.96 Å². The molecule has 3 aromatic rings. The van der Waals surface area contributed by atoms with E-state index in [9.17, 15) is 14.7 Å². The van der Waals surface area contributed by atoms with E-state index in [0.29, 0.717) is 5.69 Å². The molecule has 0 radical (unpaired) electrons. The number of phenols is 1. The molecule has 30 heavy (non-hydrogen) atoms. The van der Waals surface area contributed by atoms with E-state index < -0.39 is 18.1 Å². The van der Waals surface area contributed by atoms with Crippen molar-refractivity contribution >= 4 is 23.2 Å². The van der Waals surface area contributed by atoms with E-state index in [1.165, 1.54) is 4.90 Å². The number of aryl methyl sites for hydroxylation is 1. The van der Waals surface area contributed by atoms with Crippen LogP contribution in [0.5, 0.6) is 5.75 Å². The molecule has 2 amide bonds. The Morgan fingerprint density at radius 1 is 0.833 bits per heavy atom. The summed E-state index contributed by atoms with van der Waals surface area (Å²) in [6.07, 6.45) is -0.906. The monoisotopic (exact) mass is 400 g/mol. The zero-order valence-electron chi connectivity index (χ0n) is 16.3. The summed E-state index contributed by atoms with van der Waals surface area (Å²) >= 11 is 0. The lowest BCUT2D eigenvalue weighted by Gasteiger charge is -2.29. The van der Waals surface area contributed by atoms with E-state index >= 15 is 0 Å². The van der Waals surface area contributed by atoms with Gasteiger partial charge in [0.15, 0.2) is 6.10 Å². The number of carbonyl (C=O) groups is 2. The van der Waals surface area contributed by atoms with Crippen LogP contribution in [0, 0.1) is 12.8 Å². The fourth-order valence-electron chi connectivity index (χ4n) is 4.28. The van der Waals surface area contributed by atoms with Crippen molar-refractivity contribution in [2.45, 2.75) is 19.1 Å². The number of phenolic OH excluding ortho intramolecular Hbond substituents is 1. The van der Waals surface area contributed by atoms with Gasteiger partial charge in [0.2, 0.25) is 5.91 Å². The van der Waals surface area contributed by atoms with Crippen LogP contribution in [0.25, 0.3) is 0 Å². The van der Waals surface area contributed by atoms with Crippen molar-refractivity contribution < 1.29 is 19.5 Å². The lowest BCUT2D eigenvalue weighted by Crippen LogP contribution is -2.37. The summed E-state index contributed by atoms with van der Waals surface area (Å²) in [6.45, 7) is 1.87. The second kappa shape index (κ2) is 7.00. The third kappa shape index (κ3) is 2.76. The fraction of sp³-hybridized carbons (Fsp3) is 0.167. The summed E-state index contributed by atoms with van der Waals surface area (Å²) < 4.78 is 0. The molecule has 0 saturated carbocycles. The van der Waals surface area contributed by atoms with E-state index in [1.54, 1.807) is 35.4 Å². The zero-order chi connectivity index (χ0) is 20.8. The number of para-hydroxylation sites is 2. The van der Waals surface area contributed by atoms with E-state index in [-0.39, 0.29) is 17.6 Å².